The molecule has 0 N–H and O–H groups in total. The summed E-state index contributed by atoms with van der Waals surface area (Å²) in [6.45, 7) is 4.44. The van der Waals surface area contributed by atoms with E-state index in [1.807, 2.05) is 13.0 Å². The molecule has 0 aliphatic rings. The Morgan fingerprint density at radius 2 is 1.00 bits per heavy atom. The van der Waals surface area contributed by atoms with Gasteiger partial charge < -0.3 is 4.74 Å². The Labute approximate surface area is 160 Å². The molecule has 0 aromatic heterocycles. The maximum Gasteiger partial charge on any atom is 0.306 e. The second kappa shape index (κ2) is 21.0. The predicted octanol–water partition coefficient (Wildman–Crippen LogP) is 7.03. The SMILES string of the molecule is CC/C=C/C/C=C/C/C=C/C/C=C/C/C=C\C/C=C\CCC(=O)OCC. The molecule has 0 aliphatic carbocycles. The fraction of sp³-hybridized carbons (Fsp3) is 0.458. The smallest absolute Gasteiger partial charge is 0.306 e. The number of carbonyl (C=O) groups excluding carboxylic acids is 1. The number of hydrogen-bond donors (Lipinski definition) is 0. The highest BCUT2D eigenvalue weighted by molar-refractivity contribution is 5.69. The van der Waals surface area contributed by atoms with Crippen LogP contribution in [-0.2, 0) is 9.53 Å². The first-order valence-corrected chi connectivity index (χ1v) is 9.86. The molecule has 0 rings (SSSR count). The molecule has 26 heavy (non-hydrogen) atoms. The number of allylic oxidation sites excluding steroid dienone is 12. The summed E-state index contributed by atoms with van der Waals surface area (Å²) in [4.78, 5) is 11.1. The third kappa shape index (κ3) is 20.0. The van der Waals surface area contributed by atoms with Crippen LogP contribution in [0.3, 0.4) is 0 Å². The first kappa shape index (κ1) is 23.9. The van der Waals surface area contributed by atoms with E-state index >= 15 is 0 Å². The van der Waals surface area contributed by atoms with Gasteiger partial charge in [-0.05, 0) is 51.9 Å². The molecule has 0 spiro atoms. The van der Waals surface area contributed by atoms with E-state index in [0.717, 1.165) is 44.9 Å². The van der Waals surface area contributed by atoms with E-state index in [-0.39, 0.29) is 5.97 Å². The zero-order valence-electron chi connectivity index (χ0n) is 16.6. The van der Waals surface area contributed by atoms with Crippen molar-refractivity contribution >= 4 is 5.97 Å². The minimum Gasteiger partial charge on any atom is -0.466 e. The van der Waals surface area contributed by atoms with Crippen molar-refractivity contribution in [1.82, 2.24) is 0 Å². The van der Waals surface area contributed by atoms with E-state index in [1.54, 1.807) is 0 Å². The molecule has 2 heteroatoms. The van der Waals surface area contributed by atoms with Crippen molar-refractivity contribution in [1.29, 1.82) is 0 Å². The van der Waals surface area contributed by atoms with Crippen molar-refractivity contribution in [3.05, 3.63) is 72.9 Å². The largest absolute Gasteiger partial charge is 0.466 e. The van der Waals surface area contributed by atoms with E-state index in [2.05, 4.69) is 73.8 Å². The van der Waals surface area contributed by atoms with Gasteiger partial charge in [0.25, 0.3) is 0 Å². The first-order valence-electron chi connectivity index (χ1n) is 9.86. The summed E-state index contributed by atoms with van der Waals surface area (Å²) in [5, 5.41) is 0. The number of hydrogen-bond acceptors (Lipinski definition) is 2. The van der Waals surface area contributed by atoms with Gasteiger partial charge >= 0.3 is 5.97 Å². The van der Waals surface area contributed by atoms with Crippen LogP contribution < -0.4 is 0 Å². The van der Waals surface area contributed by atoms with Gasteiger partial charge in [0.2, 0.25) is 0 Å². The van der Waals surface area contributed by atoms with Crippen LogP contribution in [-0.4, -0.2) is 12.6 Å². The van der Waals surface area contributed by atoms with Crippen LogP contribution in [0.25, 0.3) is 0 Å². The lowest BCUT2D eigenvalue weighted by atomic mass is 10.2. The van der Waals surface area contributed by atoms with Gasteiger partial charge in [-0.2, -0.15) is 0 Å². The topological polar surface area (TPSA) is 26.3 Å². The van der Waals surface area contributed by atoms with E-state index in [9.17, 15) is 4.79 Å². The van der Waals surface area contributed by atoms with Gasteiger partial charge in [-0.1, -0.05) is 79.8 Å². The Hall–Kier alpha value is -2.09. The molecule has 0 atom stereocenters. The monoisotopic (exact) mass is 356 g/mol. The van der Waals surface area contributed by atoms with Gasteiger partial charge in [-0.25, -0.2) is 0 Å². The average molecular weight is 357 g/mol. The van der Waals surface area contributed by atoms with Crippen LogP contribution in [0.15, 0.2) is 72.9 Å². The zero-order valence-corrected chi connectivity index (χ0v) is 16.6. The minimum absolute atomic E-state index is 0.118. The molecular weight excluding hydrogens is 320 g/mol. The Kier molecular flexibility index (Phi) is 19.3. The highest BCUT2D eigenvalue weighted by Gasteiger charge is 1.97. The standard InChI is InChI=1S/C24H36O2/c1-3-5-6-7-8-9-10-11-12-13-14-15-16-17-18-19-20-21-22-23-24(25)26-4-2/h5-6,8-9,11-12,14-15,17-18,20-21H,3-4,7,10,13,16,19,22-23H2,1-2H3/b6-5+,9-8+,12-11+,15-14+,18-17-,21-20-. The van der Waals surface area contributed by atoms with Crippen molar-refractivity contribution in [2.45, 2.75) is 65.2 Å². The Morgan fingerprint density at radius 3 is 1.38 bits per heavy atom. The summed E-state index contributed by atoms with van der Waals surface area (Å²) >= 11 is 0. The molecule has 0 radical (unpaired) electrons. The number of esters is 1. The Bertz CT molecular complexity index is 490. The lowest BCUT2D eigenvalue weighted by molar-refractivity contribution is -0.142. The van der Waals surface area contributed by atoms with Gasteiger partial charge in [0.05, 0.1) is 6.61 Å². The van der Waals surface area contributed by atoms with Gasteiger partial charge in [-0.15, -0.1) is 0 Å². The van der Waals surface area contributed by atoms with Gasteiger partial charge in [-0.3, -0.25) is 4.79 Å². The molecule has 0 aromatic rings. The summed E-state index contributed by atoms with van der Waals surface area (Å²) in [6, 6.07) is 0. The van der Waals surface area contributed by atoms with E-state index < -0.39 is 0 Å². The summed E-state index contributed by atoms with van der Waals surface area (Å²) in [5.74, 6) is -0.118. The Morgan fingerprint density at radius 1 is 0.615 bits per heavy atom. The lowest BCUT2D eigenvalue weighted by Gasteiger charge is -1.97. The van der Waals surface area contributed by atoms with Crippen molar-refractivity contribution in [3.8, 4) is 0 Å². The lowest BCUT2D eigenvalue weighted by Crippen LogP contribution is -2.02. The molecule has 0 unspecified atom stereocenters. The fourth-order valence-corrected chi connectivity index (χ4v) is 2.07. The van der Waals surface area contributed by atoms with Crippen molar-refractivity contribution in [3.63, 3.8) is 0 Å². The molecule has 0 fully saturated rings. The van der Waals surface area contributed by atoms with Crippen LogP contribution >= 0.6 is 0 Å². The molecule has 0 saturated heterocycles. The third-order valence-electron chi connectivity index (χ3n) is 3.42. The summed E-state index contributed by atoms with van der Waals surface area (Å²) in [5.41, 5.74) is 0. The normalized spacial score (nSPS) is 12.8. The molecule has 0 aromatic carbocycles. The minimum atomic E-state index is -0.118. The highest BCUT2D eigenvalue weighted by Crippen LogP contribution is 1.98. The van der Waals surface area contributed by atoms with E-state index in [4.69, 9.17) is 4.74 Å². The molecular formula is C24H36O2. The van der Waals surface area contributed by atoms with Crippen LogP contribution in [0.5, 0.6) is 0 Å². The number of ether oxygens (including phenoxy) is 1. The highest BCUT2D eigenvalue weighted by atomic mass is 16.5. The second-order valence-corrected chi connectivity index (χ2v) is 5.76. The summed E-state index contributed by atoms with van der Waals surface area (Å²) < 4.78 is 4.87. The van der Waals surface area contributed by atoms with Crippen LogP contribution in [0.2, 0.25) is 0 Å². The molecule has 0 aliphatic heterocycles. The van der Waals surface area contributed by atoms with Crippen molar-refractivity contribution in [2.24, 2.45) is 0 Å². The summed E-state index contributed by atoms with van der Waals surface area (Å²) in [6.07, 6.45) is 33.3. The van der Waals surface area contributed by atoms with Crippen LogP contribution in [0, 0.1) is 0 Å². The molecule has 0 heterocycles. The van der Waals surface area contributed by atoms with E-state index in [0.29, 0.717) is 13.0 Å². The quantitative estimate of drug-likeness (QED) is 0.232. The number of carbonyl (C=O) groups is 1. The average Bonchev–Trinajstić information content (AvgIpc) is 2.64. The first-order chi connectivity index (χ1) is 12.8. The maximum absolute atomic E-state index is 11.1. The van der Waals surface area contributed by atoms with Crippen LogP contribution in [0.1, 0.15) is 65.2 Å². The predicted molar refractivity (Wildman–Crippen MR) is 114 cm³/mol. The molecule has 2 nitrogen and oxygen atoms in total. The maximum atomic E-state index is 11.1. The third-order valence-corrected chi connectivity index (χ3v) is 3.42. The zero-order chi connectivity index (χ0) is 19.1. The van der Waals surface area contributed by atoms with E-state index in [1.165, 1.54) is 0 Å². The molecule has 0 amide bonds. The van der Waals surface area contributed by atoms with Crippen molar-refractivity contribution < 1.29 is 9.53 Å². The van der Waals surface area contributed by atoms with Crippen LogP contribution in [0.4, 0.5) is 0 Å². The molecule has 0 bridgehead atoms. The fourth-order valence-electron chi connectivity index (χ4n) is 2.07. The number of rotatable bonds is 15. The van der Waals surface area contributed by atoms with Gasteiger partial charge in [0.1, 0.15) is 0 Å². The molecule has 144 valence electrons. The van der Waals surface area contributed by atoms with Gasteiger partial charge in [0, 0.05) is 6.42 Å². The molecule has 0 saturated carbocycles. The summed E-state index contributed by atoms with van der Waals surface area (Å²) in [7, 11) is 0. The Balaban J connectivity index is 3.54. The second-order valence-electron chi connectivity index (χ2n) is 5.76. The van der Waals surface area contributed by atoms with Gasteiger partial charge in [0.15, 0.2) is 0 Å². The van der Waals surface area contributed by atoms with Crippen molar-refractivity contribution in [2.75, 3.05) is 6.61 Å².